The molecule has 0 aliphatic carbocycles. The quantitative estimate of drug-likeness (QED) is 0.118. The highest BCUT2D eigenvalue weighted by Gasteiger charge is 2.23. The molecule has 18 aromatic carbocycles. The maximum atomic E-state index is 6.49. The maximum absolute atomic E-state index is 6.49. The van der Waals surface area contributed by atoms with Gasteiger partial charge in [-0.15, -0.1) is 0 Å². The van der Waals surface area contributed by atoms with Crippen molar-refractivity contribution in [3.63, 3.8) is 0 Å². The molecule has 6 aromatic heterocycles. The molecule has 0 unspecified atom stereocenters. The summed E-state index contributed by atoms with van der Waals surface area (Å²) in [5.74, 6) is 3.86. The lowest BCUT2D eigenvalue weighted by atomic mass is 9.93. The summed E-state index contributed by atoms with van der Waals surface area (Å²) in [6.07, 6.45) is 0. The van der Waals surface area contributed by atoms with E-state index >= 15 is 0 Å². The molecule has 0 fully saturated rings. The van der Waals surface area contributed by atoms with Crippen molar-refractivity contribution in [1.82, 2.24) is 39.0 Å². The summed E-state index contributed by atoms with van der Waals surface area (Å²) in [5.41, 5.74) is 22.8. The van der Waals surface area contributed by atoms with Gasteiger partial charge in [-0.1, -0.05) is 322 Å². The molecule has 0 aliphatic heterocycles. The lowest BCUT2D eigenvalue weighted by Crippen LogP contribution is -2.00. The number of aromatic nitrogens is 8. The van der Waals surface area contributed by atoms with E-state index in [2.05, 4.69) is 264 Å². The Labute approximate surface area is 676 Å². The number of para-hydroxylation sites is 6. The molecular weight excluding hydrogens is 1440 g/mol. The fraction of sp³-hybridized carbons (Fsp3) is 0. The van der Waals surface area contributed by atoms with Crippen LogP contribution in [0.4, 0.5) is 0 Å². The van der Waals surface area contributed by atoms with Gasteiger partial charge in [-0.2, -0.15) is 0 Å². The summed E-state index contributed by atoms with van der Waals surface area (Å²) in [6.45, 7) is 0. The van der Waals surface area contributed by atoms with Gasteiger partial charge in [0, 0.05) is 99.0 Å². The van der Waals surface area contributed by atoms with Crippen molar-refractivity contribution in [3.8, 4) is 113 Å². The normalized spacial score (nSPS) is 11.7. The molecule has 10 nitrogen and oxygen atoms in total. The van der Waals surface area contributed by atoms with E-state index in [4.69, 9.17) is 38.7 Å². The van der Waals surface area contributed by atoms with Crippen LogP contribution >= 0.6 is 0 Å². The predicted molar refractivity (Wildman–Crippen MR) is 484 cm³/mol. The van der Waals surface area contributed by atoms with Crippen LogP contribution < -0.4 is 0 Å². The van der Waals surface area contributed by atoms with Crippen LogP contribution in [-0.4, -0.2) is 39.0 Å². The molecule has 0 atom stereocenters. The highest BCUT2D eigenvalue weighted by molar-refractivity contribution is 6.26. The van der Waals surface area contributed by atoms with Gasteiger partial charge in [0.05, 0.1) is 22.1 Å². The number of fused-ring (bicyclic) bond motifs is 18. The molecule has 0 radical (unpaired) electrons. The van der Waals surface area contributed by atoms with Gasteiger partial charge < -0.3 is 18.0 Å². The Hall–Kier alpha value is -16.0. The van der Waals surface area contributed by atoms with Crippen molar-refractivity contribution in [2.24, 2.45) is 0 Å². The lowest BCUT2D eigenvalue weighted by molar-refractivity contribution is 0.669. The Bertz CT molecular complexity index is 7980. The Morgan fingerprint density at radius 3 is 0.898 bits per heavy atom. The van der Waals surface area contributed by atoms with Crippen molar-refractivity contribution in [3.05, 3.63) is 400 Å². The first-order chi connectivity index (χ1) is 58.5. The monoisotopic (exact) mass is 1510 g/mol. The third-order valence-corrected chi connectivity index (χ3v) is 23.1. The van der Waals surface area contributed by atoms with Crippen molar-refractivity contribution < 1.29 is 8.83 Å². The Morgan fingerprint density at radius 1 is 0.161 bits per heavy atom. The van der Waals surface area contributed by atoms with Gasteiger partial charge in [-0.05, 0) is 133 Å². The van der Waals surface area contributed by atoms with Crippen LogP contribution in [0.15, 0.2) is 409 Å². The molecule has 0 saturated heterocycles. The summed E-state index contributed by atoms with van der Waals surface area (Å²) < 4.78 is 17.7. The van der Waals surface area contributed by atoms with E-state index in [0.717, 1.165) is 149 Å². The van der Waals surface area contributed by atoms with Crippen LogP contribution in [0, 0.1) is 0 Å². The van der Waals surface area contributed by atoms with Crippen LogP contribution in [-0.2, 0) is 0 Å². The van der Waals surface area contributed by atoms with E-state index in [-0.39, 0.29) is 0 Å². The number of hydrogen-bond donors (Lipinski definition) is 0. The van der Waals surface area contributed by atoms with Crippen LogP contribution in [0.3, 0.4) is 0 Å². The fourth-order valence-electron chi connectivity index (χ4n) is 17.5. The average molecular weight is 1510 g/mol. The first-order valence-corrected chi connectivity index (χ1v) is 39.7. The second-order valence-electron chi connectivity index (χ2n) is 30.0. The van der Waals surface area contributed by atoms with E-state index in [0.29, 0.717) is 34.9 Å². The minimum absolute atomic E-state index is 0.633. The third-order valence-electron chi connectivity index (χ3n) is 23.1. The first-order valence-electron chi connectivity index (χ1n) is 39.7. The van der Waals surface area contributed by atoms with E-state index < -0.39 is 0 Å². The molecule has 0 spiro atoms. The van der Waals surface area contributed by atoms with Gasteiger partial charge in [0.2, 0.25) is 0 Å². The molecule has 0 N–H and O–H groups in total. The summed E-state index contributed by atoms with van der Waals surface area (Å²) in [6, 6.07) is 140. The van der Waals surface area contributed by atoms with Gasteiger partial charge in [-0.25, -0.2) is 29.9 Å². The first kappa shape index (κ1) is 67.6. The number of hydrogen-bond acceptors (Lipinski definition) is 8. The third kappa shape index (κ3) is 11.6. The Kier molecular flexibility index (Phi) is 16.0. The van der Waals surface area contributed by atoms with Crippen molar-refractivity contribution >= 4 is 120 Å². The minimum atomic E-state index is 0.633. The van der Waals surface area contributed by atoms with Crippen LogP contribution in [0.5, 0.6) is 0 Å². The second kappa shape index (κ2) is 28.0. The largest absolute Gasteiger partial charge is 0.455 e. The molecule has 550 valence electrons. The van der Waals surface area contributed by atoms with Crippen molar-refractivity contribution in [1.29, 1.82) is 0 Å². The standard InChI is InChI=1S/C57H34N4O.C51H32N4O/c1-3-14-35(15-4-1)55-58-56(36-16-5-2-6-17-36)60-57(59-55)38-26-29-43-41-18-7-8-19-42(41)44-30-28-39(34-49(44)48(43)33-38)61-51-24-11-9-20-45(51)50-32-37(27-31-52(50)61)40-22-13-23-47-46-21-10-12-25-53(46)62-54(40)47;1-3-12-35(13-4-1)49-52-50(36-14-5-2-6-15-36)54-51(53-49)37-24-22-33(23-25-37)34-26-29-39(30-27-34)55-45-20-9-7-16-41(45)44-32-38(28-31-46(44)55)40-18-11-19-43-42-17-8-10-21-47(42)56-48(40)43/h1-34H;1-32H. The highest BCUT2D eigenvalue weighted by atomic mass is 16.3. The molecule has 118 heavy (non-hydrogen) atoms. The number of rotatable bonds is 11. The van der Waals surface area contributed by atoms with E-state index in [1.54, 1.807) is 0 Å². The second-order valence-corrected chi connectivity index (χ2v) is 30.0. The maximum Gasteiger partial charge on any atom is 0.164 e. The molecule has 0 saturated carbocycles. The van der Waals surface area contributed by atoms with Crippen molar-refractivity contribution in [2.45, 2.75) is 0 Å². The van der Waals surface area contributed by atoms with E-state index in [1.165, 1.54) is 48.6 Å². The lowest BCUT2D eigenvalue weighted by Gasteiger charge is -2.15. The number of benzene rings is 18. The smallest absolute Gasteiger partial charge is 0.164 e. The van der Waals surface area contributed by atoms with Gasteiger partial charge >= 0.3 is 0 Å². The fourth-order valence-corrected chi connectivity index (χ4v) is 17.5. The topological polar surface area (TPSA) is 113 Å². The molecule has 0 bridgehead atoms. The minimum Gasteiger partial charge on any atom is -0.455 e. The average Bonchev–Trinajstić information content (AvgIpc) is 1.07. The zero-order chi connectivity index (χ0) is 77.7. The molecular formula is C108H66N8O2. The molecule has 6 heterocycles. The number of furan rings is 2. The zero-order valence-corrected chi connectivity index (χ0v) is 63.5. The molecule has 0 amide bonds. The van der Waals surface area contributed by atoms with Crippen LogP contribution in [0.2, 0.25) is 0 Å². The Morgan fingerprint density at radius 2 is 0.449 bits per heavy atom. The van der Waals surface area contributed by atoms with Gasteiger partial charge in [0.15, 0.2) is 34.9 Å². The van der Waals surface area contributed by atoms with Gasteiger partial charge in [-0.3, -0.25) is 0 Å². The van der Waals surface area contributed by atoms with Gasteiger partial charge in [0.25, 0.3) is 0 Å². The van der Waals surface area contributed by atoms with Crippen LogP contribution in [0.25, 0.3) is 233 Å². The summed E-state index contributed by atoms with van der Waals surface area (Å²) >= 11 is 0. The molecule has 24 aromatic rings. The van der Waals surface area contributed by atoms with E-state index in [1.807, 2.05) is 146 Å². The molecule has 10 heteroatoms. The highest BCUT2D eigenvalue weighted by Crippen LogP contribution is 2.45. The Balaban J connectivity index is 0.000000139. The molecule has 0 aliphatic rings. The van der Waals surface area contributed by atoms with Crippen molar-refractivity contribution in [2.75, 3.05) is 0 Å². The predicted octanol–water partition coefficient (Wildman–Crippen LogP) is 28.2. The molecule has 24 rings (SSSR count). The van der Waals surface area contributed by atoms with E-state index in [9.17, 15) is 0 Å². The van der Waals surface area contributed by atoms with Crippen LogP contribution in [0.1, 0.15) is 0 Å². The zero-order valence-electron chi connectivity index (χ0n) is 63.5. The SMILES string of the molecule is c1ccc(-c2nc(-c3ccccc3)nc(-c3ccc(-c4ccc(-n5c6ccccc6c6cc(-c7cccc8c7oc7ccccc78)ccc65)cc4)cc3)n2)cc1.c1ccc(-c2nc(-c3ccccc3)nc(-c3ccc4c5ccccc5c5ccc(-n6c7ccccc7c7cc(-c8cccc9c8oc8ccccc89)ccc76)cc5c4c3)n2)cc1. The summed E-state index contributed by atoms with van der Waals surface area (Å²) in [7, 11) is 0. The summed E-state index contributed by atoms with van der Waals surface area (Å²) in [4.78, 5) is 29.8. The summed E-state index contributed by atoms with van der Waals surface area (Å²) in [5, 5.41) is 16.5. The number of nitrogens with zero attached hydrogens (tertiary/aromatic N) is 8. The van der Waals surface area contributed by atoms with Gasteiger partial charge in [0.1, 0.15) is 22.3 Å².